The second-order valence-corrected chi connectivity index (χ2v) is 4.58. The number of ketones is 1. The Kier molecular flexibility index (Phi) is 6.49. The molecule has 1 rings (SSSR count). The maximum absolute atomic E-state index is 11.9. The summed E-state index contributed by atoms with van der Waals surface area (Å²) in [5, 5.41) is 2.64. The van der Waals surface area contributed by atoms with Gasteiger partial charge >= 0.3 is 5.97 Å². The van der Waals surface area contributed by atoms with Crippen molar-refractivity contribution in [1.29, 1.82) is 0 Å². The van der Waals surface area contributed by atoms with Crippen LogP contribution in [0.5, 0.6) is 0 Å². The predicted octanol–water partition coefficient (Wildman–Crippen LogP) is 0.440. The smallest absolute Gasteiger partial charge is 0.328 e. The van der Waals surface area contributed by atoms with Crippen molar-refractivity contribution < 1.29 is 23.9 Å². The van der Waals surface area contributed by atoms with Gasteiger partial charge in [-0.25, -0.2) is 4.79 Å². The van der Waals surface area contributed by atoms with E-state index in [4.69, 9.17) is 4.74 Å². The quantitative estimate of drug-likeness (QED) is 0.679. The Morgan fingerprint density at radius 2 is 2.16 bits per heavy atom. The lowest BCUT2D eigenvalue weighted by molar-refractivity contribution is -0.146. The highest BCUT2D eigenvalue weighted by Gasteiger charge is 2.28. The summed E-state index contributed by atoms with van der Waals surface area (Å²) in [5.41, 5.74) is 0. The Balaban J connectivity index is 2.50. The minimum Gasteiger partial charge on any atom is -0.467 e. The maximum atomic E-state index is 11.9. The average Bonchev–Trinajstić information content (AvgIpc) is 2.95. The maximum Gasteiger partial charge on any atom is 0.328 e. The number of ether oxygens (including phenoxy) is 2. The van der Waals surface area contributed by atoms with E-state index in [0.717, 1.165) is 0 Å². The molecule has 0 aromatic heterocycles. The predicted molar refractivity (Wildman–Crippen MR) is 67.4 cm³/mol. The number of Topliss-reactive ketones (excluding diaryl/α,β-unsaturated/α-hetero) is 1. The first kappa shape index (κ1) is 15.6. The number of amides is 1. The molecule has 6 nitrogen and oxygen atoms in total. The average molecular weight is 271 g/mol. The van der Waals surface area contributed by atoms with Gasteiger partial charge in [0.1, 0.15) is 11.8 Å². The SMILES string of the molecule is CCC(=O)CC[C@H](NC(=O)[C@H]1CCOC1)C(=O)OC. The topological polar surface area (TPSA) is 81.7 Å². The van der Waals surface area contributed by atoms with Crippen LogP contribution in [0.2, 0.25) is 0 Å². The highest BCUT2D eigenvalue weighted by Crippen LogP contribution is 2.13. The van der Waals surface area contributed by atoms with Gasteiger partial charge in [-0.15, -0.1) is 0 Å². The Bertz CT molecular complexity index is 336. The molecule has 2 atom stereocenters. The summed E-state index contributed by atoms with van der Waals surface area (Å²) in [4.78, 5) is 34.8. The fourth-order valence-corrected chi connectivity index (χ4v) is 1.90. The molecule has 6 heteroatoms. The van der Waals surface area contributed by atoms with Gasteiger partial charge in [-0.3, -0.25) is 9.59 Å². The van der Waals surface area contributed by atoms with Gasteiger partial charge in [0.2, 0.25) is 5.91 Å². The summed E-state index contributed by atoms with van der Waals surface area (Å²) in [6.45, 7) is 2.72. The molecule has 1 heterocycles. The number of nitrogens with one attached hydrogen (secondary N) is 1. The molecule has 1 aliphatic rings. The third-order valence-corrected chi connectivity index (χ3v) is 3.21. The highest BCUT2D eigenvalue weighted by molar-refractivity contribution is 5.86. The monoisotopic (exact) mass is 271 g/mol. The van der Waals surface area contributed by atoms with Crippen molar-refractivity contribution >= 4 is 17.7 Å². The molecular weight excluding hydrogens is 250 g/mol. The van der Waals surface area contributed by atoms with Gasteiger partial charge in [0.05, 0.1) is 19.6 Å². The lowest BCUT2D eigenvalue weighted by Gasteiger charge is -2.18. The zero-order valence-electron chi connectivity index (χ0n) is 11.4. The van der Waals surface area contributed by atoms with Gasteiger partial charge in [-0.05, 0) is 12.8 Å². The number of carbonyl (C=O) groups is 3. The zero-order chi connectivity index (χ0) is 14.3. The summed E-state index contributed by atoms with van der Waals surface area (Å²) in [6, 6.07) is -0.756. The van der Waals surface area contributed by atoms with Gasteiger partial charge in [0, 0.05) is 19.4 Å². The van der Waals surface area contributed by atoms with E-state index in [2.05, 4.69) is 10.1 Å². The third-order valence-electron chi connectivity index (χ3n) is 3.21. The second kappa shape index (κ2) is 7.89. The van der Waals surface area contributed by atoms with Crippen LogP contribution in [0.1, 0.15) is 32.6 Å². The number of methoxy groups -OCH3 is 1. The standard InChI is InChI=1S/C13H21NO5/c1-3-10(15)4-5-11(13(17)18-2)14-12(16)9-6-7-19-8-9/h9,11H,3-8H2,1-2H3,(H,14,16)/t9-,11-/m0/s1. The number of hydrogen-bond donors (Lipinski definition) is 1. The summed E-state index contributed by atoms with van der Waals surface area (Å²) in [7, 11) is 1.27. The Morgan fingerprint density at radius 3 is 2.68 bits per heavy atom. The van der Waals surface area contributed by atoms with Gasteiger partial charge < -0.3 is 14.8 Å². The third kappa shape index (κ3) is 4.98. The number of rotatable bonds is 7. The molecule has 0 unspecified atom stereocenters. The van der Waals surface area contributed by atoms with Crippen molar-refractivity contribution in [2.24, 2.45) is 5.92 Å². The molecule has 1 N–H and O–H groups in total. The van der Waals surface area contributed by atoms with Crippen LogP contribution in [0.25, 0.3) is 0 Å². The van der Waals surface area contributed by atoms with E-state index in [1.165, 1.54) is 7.11 Å². The molecule has 108 valence electrons. The van der Waals surface area contributed by atoms with Crippen LogP contribution in [-0.2, 0) is 23.9 Å². The van der Waals surface area contributed by atoms with E-state index in [0.29, 0.717) is 26.1 Å². The molecule has 0 aromatic rings. The van der Waals surface area contributed by atoms with Gasteiger partial charge in [0.25, 0.3) is 0 Å². The fourth-order valence-electron chi connectivity index (χ4n) is 1.90. The van der Waals surface area contributed by atoms with E-state index in [9.17, 15) is 14.4 Å². The van der Waals surface area contributed by atoms with E-state index in [-0.39, 0.29) is 30.4 Å². The number of esters is 1. The fraction of sp³-hybridized carbons (Fsp3) is 0.769. The normalized spacial score (nSPS) is 19.8. The molecule has 1 saturated heterocycles. The van der Waals surface area contributed by atoms with E-state index >= 15 is 0 Å². The van der Waals surface area contributed by atoms with Crippen molar-refractivity contribution in [1.82, 2.24) is 5.32 Å². The van der Waals surface area contributed by atoms with Gasteiger partial charge in [0.15, 0.2) is 0 Å². The van der Waals surface area contributed by atoms with Crippen molar-refractivity contribution in [3.05, 3.63) is 0 Å². The Hall–Kier alpha value is -1.43. The lowest BCUT2D eigenvalue weighted by Crippen LogP contribution is -2.44. The lowest BCUT2D eigenvalue weighted by atomic mass is 10.0. The Morgan fingerprint density at radius 1 is 1.42 bits per heavy atom. The minimum absolute atomic E-state index is 0.0624. The molecule has 19 heavy (non-hydrogen) atoms. The van der Waals surface area contributed by atoms with Crippen molar-refractivity contribution in [2.75, 3.05) is 20.3 Å². The Labute approximate surface area is 112 Å². The van der Waals surface area contributed by atoms with Crippen LogP contribution in [-0.4, -0.2) is 44.0 Å². The van der Waals surface area contributed by atoms with Crippen LogP contribution < -0.4 is 5.32 Å². The van der Waals surface area contributed by atoms with Crippen LogP contribution in [0.15, 0.2) is 0 Å². The molecule has 0 spiro atoms. The van der Waals surface area contributed by atoms with E-state index in [1.807, 2.05) is 0 Å². The molecule has 1 amide bonds. The van der Waals surface area contributed by atoms with Crippen LogP contribution in [0.3, 0.4) is 0 Å². The summed E-state index contributed by atoms with van der Waals surface area (Å²) >= 11 is 0. The molecule has 0 saturated carbocycles. The van der Waals surface area contributed by atoms with Crippen molar-refractivity contribution in [3.8, 4) is 0 Å². The van der Waals surface area contributed by atoms with Gasteiger partial charge in [-0.1, -0.05) is 6.92 Å². The summed E-state index contributed by atoms with van der Waals surface area (Å²) in [6.07, 6.45) is 1.63. The summed E-state index contributed by atoms with van der Waals surface area (Å²) in [5.74, 6) is -0.880. The number of hydrogen-bond acceptors (Lipinski definition) is 5. The molecule has 0 aliphatic carbocycles. The second-order valence-electron chi connectivity index (χ2n) is 4.58. The first-order chi connectivity index (χ1) is 9.08. The highest BCUT2D eigenvalue weighted by atomic mass is 16.5. The molecule has 0 radical (unpaired) electrons. The van der Waals surface area contributed by atoms with E-state index < -0.39 is 12.0 Å². The van der Waals surface area contributed by atoms with E-state index in [1.54, 1.807) is 6.92 Å². The first-order valence-corrected chi connectivity index (χ1v) is 6.56. The molecule has 0 aromatic carbocycles. The van der Waals surface area contributed by atoms with Gasteiger partial charge in [-0.2, -0.15) is 0 Å². The van der Waals surface area contributed by atoms with Crippen molar-refractivity contribution in [2.45, 2.75) is 38.6 Å². The zero-order valence-corrected chi connectivity index (χ0v) is 11.4. The van der Waals surface area contributed by atoms with Crippen LogP contribution in [0.4, 0.5) is 0 Å². The molecule has 1 aliphatic heterocycles. The summed E-state index contributed by atoms with van der Waals surface area (Å²) < 4.78 is 9.78. The first-order valence-electron chi connectivity index (χ1n) is 6.56. The number of carbonyl (C=O) groups excluding carboxylic acids is 3. The van der Waals surface area contributed by atoms with Crippen LogP contribution >= 0.6 is 0 Å². The van der Waals surface area contributed by atoms with Crippen LogP contribution in [0, 0.1) is 5.92 Å². The van der Waals surface area contributed by atoms with Crippen molar-refractivity contribution in [3.63, 3.8) is 0 Å². The largest absolute Gasteiger partial charge is 0.467 e. The molecule has 0 bridgehead atoms. The molecule has 1 fully saturated rings. The molecular formula is C13H21NO5. The minimum atomic E-state index is -0.756.